The molecule has 0 aliphatic rings. The van der Waals surface area contributed by atoms with Crippen molar-refractivity contribution >= 4 is 39.3 Å². The largest absolute Gasteiger partial charge is 0.372 e. The Labute approximate surface area is 83.9 Å². The summed E-state index contributed by atoms with van der Waals surface area (Å²) in [5, 5.41) is 6.08. The first-order valence-electron chi connectivity index (χ1n) is 3.27. The van der Waals surface area contributed by atoms with Crippen LogP contribution in [0.2, 0.25) is 5.15 Å². The van der Waals surface area contributed by atoms with Crippen LogP contribution in [0.4, 0.5) is 11.8 Å². The minimum atomic E-state index is 0.388. The van der Waals surface area contributed by atoms with Crippen LogP contribution in [0.15, 0.2) is 4.47 Å². The van der Waals surface area contributed by atoms with Gasteiger partial charge in [0, 0.05) is 14.1 Å². The second-order valence-corrected chi connectivity index (χ2v) is 3.15. The molecular formula is C6H8BrClN4. The van der Waals surface area contributed by atoms with Crippen LogP contribution in [0, 0.1) is 0 Å². The van der Waals surface area contributed by atoms with E-state index in [0.29, 0.717) is 21.4 Å². The molecule has 0 aromatic carbocycles. The highest BCUT2D eigenvalue weighted by Gasteiger charge is 2.07. The molecule has 0 unspecified atom stereocenters. The van der Waals surface area contributed by atoms with Gasteiger partial charge in [-0.15, -0.1) is 0 Å². The molecule has 12 heavy (non-hydrogen) atoms. The summed E-state index contributed by atoms with van der Waals surface area (Å²) in [6, 6.07) is 0. The quantitative estimate of drug-likeness (QED) is 0.789. The van der Waals surface area contributed by atoms with Crippen molar-refractivity contribution in [1.82, 2.24) is 9.97 Å². The van der Waals surface area contributed by atoms with Gasteiger partial charge in [-0.05, 0) is 15.9 Å². The van der Waals surface area contributed by atoms with E-state index in [2.05, 4.69) is 36.5 Å². The summed E-state index contributed by atoms with van der Waals surface area (Å²) in [7, 11) is 3.50. The Bertz CT molecular complexity index is 291. The van der Waals surface area contributed by atoms with Crippen molar-refractivity contribution in [3.05, 3.63) is 9.63 Å². The van der Waals surface area contributed by atoms with E-state index >= 15 is 0 Å². The molecule has 0 bridgehead atoms. The van der Waals surface area contributed by atoms with Crippen molar-refractivity contribution in [2.75, 3.05) is 24.7 Å². The highest BCUT2D eigenvalue weighted by molar-refractivity contribution is 9.10. The van der Waals surface area contributed by atoms with Crippen LogP contribution < -0.4 is 10.6 Å². The molecule has 0 saturated heterocycles. The van der Waals surface area contributed by atoms with E-state index in [-0.39, 0.29) is 0 Å². The number of hydrogen-bond acceptors (Lipinski definition) is 4. The van der Waals surface area contributed by atoms with Gasteiger partial charge in [0.25, 0.3) is 0 Å². The summed E-state index contributed by atoms with van der Waals surface area (Å²) in [5.74, 6) is 1.16. The van der Waals surface area contributed by atoms with Gasteiger partial charge in [0.15, 0.2) is 5.15 Å². The maximum atomic E-state index is 5.80. The second-order valence-electron chi connectivity index (χ2n) is 2.00. The van der Waals surface area contributed by atoms with Crippen LogP contribution in [-0.2, 0) is 0 Å². The third kappa shape index (κ3) is 1.78. The lowest BCUT2D eigenvalue weighted by atomic mass is 10.6. The highest BCUT2D eigenvalue weighted by Crippen LogP contribution is 2.27. The molecule has 0 saturated carbocycles. The van der Waals surface area contributed by atoms with E-state index < -0.39 is 0 Å². The zero-order valence-corrected chi connectivity index (χ0v) is 8.99. The fourth-order valence-electron chi connectivity index (χ4n) is 0.697. The van der Waals surface area contributed by atoms with Gasteiger partial charge in [0.05, 0.1) is 4.47 Å². The maximum Gasteiger partial charge on any atom is 0.225 e. The van der Waals surface area contributed by atoms with Crippen molar-refractivity contribution in [3.8, 4) is 0 Å². The topological polar surface area (TPSA) is 49.8 Å². The number of aromatic nitrogens is 2. The predicted molar refractivity (Wildman–Crippen MR) is 53.8 cm³/mol. The molecular weight excluding hydrogens is 243 g/mol. The molecule has 0 aliphatic heterocycles. The molecule has 4 nitrogen and oxygen atoms in total. The molecule has 0 aliphatic carbocycles. The third-order valence-electron chi connectivity index (χ3n) is 1.27. The summed E-state index contributed by atoms with van der Waals surface area (Å²) >= 11 is 9.05. The molecule has 0 fully saturated rings. The molecule has 1 heterocycles. The standard InChI is InChI=1S/C6H8BrClN4/c1-9-5-3(7)4(8)11-6(10-2)12-5/h1-2H3,(H2,9,10,11,12). The number of halogens is 2. The number of hydrogen-bond donors (Lipinski definition) is 2. The Morgan fingerprint density at radius 2 is 1.92 bits per heavy atom. The van der Waals surface area contributed by atoms with Gasteiger partial charge in [0.1, 0.15) is 5.82 Å². The van der Waals surface area contributed by atoms with Crippen LogP contribution in [0.25, 0.3) is 0 Å². The molecule has 1 aromatic rings. The van der Waals surface area contributed by atoms with E-state index in [9.17, 15) is 0 Å². The Kier molecular flexibility index (Phi) is 3.11. The molecule has 2 N–H and O–H groups in total. The fraction of sp³-hybridized carbons (Fsp3) is 0.333. The smallest absolute Gasteiger partial charge is 0.225 e. The second kappa shape index (κ2) is 3.91. The van der Waals surface area contributed by atoms with Crippen molar-refractivity contribution in [2.45, 2.75) is 0 Å². The summed E-state index contributed by atoms with van der Waals surface area (Å²) < 4.78 is 0.672. The molecule has 66 valence electrons. The monoisotopic (exact) mass is 250 g/mol. The van der Waals surface area contributed by atoms with Crippen LogP contribution in [0.3, 0.4) is 0 Å². The first kappa shape index (κ1) is 9.54. The average Bonchev–Trinajstić information content (AvgIpc) is 2.09. The van der Waals surface area contributed by atoms with Gasteiger partial charge in [-0.25, -0.2) is 0 Å². The van der Waals surface area contributed by atoms with Crippen LogP contribution in [0.1, 0.15) is 0 Å². The molecule has 6 heteroatoms. The third-order valence-corrected chi connectivity index (χ3v) is 2.52. The van der Waals surface area contributed by atoms with Crippen molar-refractivity contribution in [1.29, 1.82) is 0 Å². The molecule has 0 spiro atoms. The summed E-state index contributed by atoms with van der Waals surface area (Å²) in [6.07, 6.45) is 0. The molecule has 1 rings (SSSR count). The van der Waals surface area contributed by atoms with Crippen LogP contribution in [0.5, 0.6) is 0 Å². The van der Waals surface area contributed by atoms with Gasteiger partial charge in [-0.2, -0.15) is 9.97 Å². The normalized spacial score (nSPS) is 9.67. The zero-order valence-electron chi connectivity index (χ0n) is 6.65. The number of nitrogens with one attached hydrogen (secondary N) is 2. The number of rotatable bonds is 2. The lowest BCUT2D eigenvalue weighted by Crippen LogP contribution is -2.01. The first-order valence-corrected chi connectivity index (χ1v) is 4.44. The Hall–Kier alpha value is -0.550. The average molecular weight is 252 g/mol. The van der Waals surface area contributed by atoms with Crippen molar-refractivity contribution in [2.24, 2.45) is 0 Å². The maximum absolute atomic E-state index is 5.80. The van der Waals surface area contributed by atoms with E-state index in [0.717, 1.165) is 0 Å². The molecule has 0 radical (unpaired) electrons. The van der Waals surface area contributed by atoms with Crippen LogP contribution >= 0.6 is 27.5 Å². The SMILES string of the molecule is CNc1nc(Cl)c(Br)c(NC)n1. The number of nitrogens with zero attached hydrogens (tertiary/aromatic N) is 2. The highest BCUT2D eigenvalue weighted by atomic mass is 79.9. The molecule has 0 amide bonds. The Morgan fingerprint density at radius 3 is 2.42 bits per heavy atom. The summed E-state index contributed by atoms with van der Waals surface area (Å²) in [4.78, 5) is 8.06. The zero-order chi connectivity index (χ0) is 9.14. The minimum Gasteiger partial charge on any atom is -0.372 e. The van der Waals surface area contributed by atoms with Gasteiger partial charge >= 0.3 is 0 Å². The molecule has 0 atom stereocenters. The first-order chi connectivity index (χ1) is 5.69. The van der Waals surface area contributed by atoms with Crippen molar-refractivity contribution in [3.63, 3.8) is 0 Å². The van der Waals surface area contributed by atoms with Crippen molar-refractivity contribution < 1.29 is 0 Å². The van der Waals surface area contributed by atoms with Gasteiger partial charge in [-0.1, -0.05) is 11.6 Å². The minimum absolute atomic E-state index is 0.388. The van der Waals surface area contributed by atoms with Crippen LogP contribution in [-0.4, -0.2) is 24.1 Å². The predicted octanol–water partition coefficient (Wildman–Crippen LogP) is 1.98. The molecule has 1 aromatic heterocycles. The van der Waals surface area contributed by atoms with Gasteiger partial charge in [-0.3, -0.25) is 0 Å². The lowest BCUT2D eigenvalue weighted by molar-refractivity contribution is 1.13. The summed E-state index contributed by atoms with van der Waals surface area (Å²) in [5.41, 5.74) is 0. The van der Waals surface area contributed by atoms with E-state index in [1.807, 2.05) is 0 Å². The van der Waals surface area contributed by atoms with Gasteiger partial charge < -0.3 is 10.6 Å². The Morgan fingerprint density at radius 1 is 1.25 bits per heavy atom. The fourth-order valence-corrected chi connectivity index (χ4v) is 1.24. The van der Waals surface area contributed by atoms with E-state index in [4.69, 9.17) is 11.6 Å². The van der Waals surface area contributed by atoms with E-state index in [1.165, 1.54) is 0 Å². The number of anilines is 2. The lowest BCUT2D eigenvalue weighted by Gasteiger charge is -2.05. The van der Waals surface area contributed by atoms with E-state index in [1.54, 1.807) is 14.1 Å². The van der Waals surface area contributed by atoms with Gasteiger partial charge in [0.2, 0.25) is 5.95 Å². The summed E-state index contributed by atoms with van der Waals surface area (Å²) in [6.45, 7) is 0. The Balaban J connectivity index is 3.19.